The molecule has 0 bridgehead atoms. The monoisotopic (exact) mass is 462 g/mol. The van der Waals surface area contributed by atoms with Crippen LogP contribution in [0.4, 0.5) is 5.69 Å². The maximum Gasteiger partial charge on any atom is 0.247 e. The number of phenols is 1. The van der Waals surface area contributed by atoms with Crippen LogP contribution in [-0.2, 0) is 5.75 Å². The summed E-state index contributed by atoms with van der Waals surface area (Å²) in [6.07, 6.45) is -0.663. The Hall–Kier alpha value is -3.29. The molecule has 1 aliphatic heterocycles. The molecular formula is C24H19ClN4O2S. The SMILES string of the molecule is Cc1ccc(CSc2nnc3c(n2)O[C@H](c2cccc(O)c2Cl)Nc2ccccc2-3)cc1. The van der Waals surface area contributed by atoms with Crippen molar-refractivity contribution < 1.29 is 9.84 Å². The number of aromatic nitrogens is 3. The quantitative estimate of drug-likeness (QED) is 0.360. The summed E-state index contributed by atoms with van der Waals surface area (Å²) in [6, 6.07) is 21.1. The van der Waals surface area contributed by atoms with Crippen LogP contribution in [0.3, 0.4) is 0 Å². The van der Waals surface area contributed by atoms with Crippen LogP contribution in [0.25, 0.3) is 11.3 Å². The van der Waals surface area contributed by atoms with Crippen molar-refractivity contribution >= 4 is 29.1 Å². The van der Waals surface area contributed by atoms with Crippen LogP contribution < -0.4 is 10.1 Å². The van der Waals surface area contributed by atoms with E-state index in [-0.39, 0.29) is 10.8 Å². The zero-order chi connectivity index (χ0) is 22.1. The van der Waals surface area contributed by atoms with Gasteiger partial charge in [0.25, 0.3) is 0 Å². The minimum absolute atomic E-state index is 0.0116. The Bertz CT molecular complexity index is 1280. The van der Waals surface area contributed by atoms with Crippen LogP contribution in [-0.4, -0.2) is 20.3 Å². The van der Waals surface area contributed by atoms with Crippen LogP contribution >= 0.6 is 23.4 Å². The topological polar surface area (TPSA) is 80.2 Å². The fraction of sp³-hybridized carbons (Fsp3) is 0.125. The largest absolute Gasteiger partial charge is 0.506 e. The van der Waals surface area contributed by atoms with Crippen molar-refractivity contribution in [2.75, 3.05) is 5.32 Å². The second-order valence-corrected chi connectivity index (χ2v) is 8.71. The highest BCUT2D eigenvalue weighted by Crippen LogP contribution is 2.41. The smallest absolute Gasteiger partial charge is 0.247 e. The number of aryl methyl sites for hydroxylation is 1. The molecular weight excluding hydrogens is 444 g/mol. The van der Waals surface area contributed by atoms with E-state index in [4.69, 9.17) is 16.3 Å². The molecule has 160 valence electrons. The molecule has 5 rings (SSSR count). The Kier molecular flexibility index (Phi) is 5.59. The number of para-hydroxylation sites is 1. The number of aromatic hydroxyl groups is 1. The van der Waals surface area contributed by atoms with E-state index in [9.17, 15) is 5.11 Å². The number of phenolic OH excluding ortho intramolecular Hbond substituents is 1. The highest BCUT2D eigenvalue weighted by molar-refractivity contribution is 7.98. The minimum Gasteiger partial charge on any atom is -0.506 e. The van der Waals surface area contributed by atoms with Crippen molar-refractivity contribution in [2.45, 2.75) is 24.1 Å². The van der Waals surface area contributed by atoms with Gasteiger partial charge in [0, 0.05) is 22.6 Å². The van der Waals surface area contributed by atoms with E-state index in [1.54, 1.807) is 12.1 Å². The number of anilines is 1. The summed E-state index contributed by atoms with van der Waals surface area (Å²) < 4.78 is 6.24. The number of nitrogens with one attached hydrogen (secondary N) is 1. The lowest BCUT2D eigenvalue weighted by Gasteiger charge is -2.20. The molecule has 8 heteroatoms. The standard InChI is InChI=1S/C24H19ClN4O2S/c1-14-9-11-15(12-10-14)13-32-24-27-23-21(28-29-24)16-5-2-3-7-18(16)26-22(31-23)17-6-4-8-19(30)20(17)25/h2-12,22,26,30H,13H2,1H3/t22-/m1/s1. The maximum absolute atomic E-state index is 10.1. The first-order valence-corrected chi connectivity index (χ1v) is 11.4. The highest BCUT2D eigenvalue weighted by atomic mass is 35.5. The van der Waals surface area contributed by atoms with E-state index in [1.165, 1.54) is 29.0 Å². The first-order valence-electron chi connectivity index (χ1n) is 10.0. The molecule has 0 fully saturated rings. The number of nitrogens with zero attached hydrogens (tertiary/aromatic N) is 3. The van der Waals surface area contributed by atoms with Gasteiger partial charge in [-0.1, -0.05) is 83.5 Å². The van der Waals surface area contributed by atoms with E-state index in [2.05, 4.69) is 51.7 Å². The van der Waals surface area contributed by atoms with Gasteiger partial charge in [0.2, 0.25) is 11.0 Å². The molecule has 2 heterocycles. The zero-order valence-corrected chi connectivity index (χ0v) is 18.7. The van der Waals surface area contributed by atoms with Gasteiger partial charge in [0.1, 0.15) is 5.75 Å². The molecule has 4 aromatic rings. The van der Waals surface area contributed by atoms with E-state index in [0.29, 0.717) is 22.3 Å². The molecule has 0 aliphatic carbocycles. The molecule has 0 saturated heterocycles. The Balaban J connectivity index is 1.50. The lowest BCUT2D eigenvalue weighted by Crippen LogP contribution is -2.17. The summed E-state index contributed by atoms with van der Waals surface area (Å²) in [5.74, 6) is 1.06. The molecule has 1 aliphatic rings. The van der Waals surface area contributed by atoms with Crippen LogP contribution in [0.15, 0.2) is 71.9 Å². The molecule has 1 atom stereocenters. The highest BCUT2D eigenvalue weighted by Gasteiger charge is 2.27. The number of hydrogen-bond acceptors (Lipinski definition) is 7. The van der Waals surface area contributed by atoms with E-state index in [1.807, 2.05) is 24.3 Å². The number of thioether (sulfide) groups is 1. The maximum atomic E-state index is 10.1. The summed E-state index contributed by atoms with van der Waals surface area (Å²) >= 11 is 7.86. The summed E-state index contributed by atoms with van der Waals surface area (Å²) in [6.45, 7) is 2.06. The number of fused-ring (bicyclic) bond motifs is 3. The lowest BCUT2D eigenvalue weighted by molar-refractivity contribution is 0.225. The summed E-state index contributed by atoms with van der Waals surface area (Å²) in [4.78, 5) is 4.65. The number of hydrogen-bond donors (Lipinski definition) is 2. The molecule has 0 saturated carbocycles. The molecule has 0 amide bonds. The number of rotatable bonds is 4. The van der Waals surface area contributed by atoms with Crippen LogP contribution in [0.5, 0.6) is 11.6 Å². The third-order valence-corrected chi connectivity index (χ3v) is 6.43. The van der Waals surface area contributed by atoms with Crippen LogP contribution in [0.1, 0.15) is 22.9 Å². The molecule has 3 aromatic carbocycles. The minimum atomic E-state index is -0.663. The van der Waals surface area contributed by atoms with Gasteiger partial charge in [-0.05, 0) is 24.6 Å². The lowest BCUT2D eigenvalue weighted by atomic mass is 10.1. The first-order chi connectivity index (χ1) is 15.6. The second kappa shape index (κ2) is 8.68. The Morgan fingerprint density at radius 2 is 1.84 bits per heavy atom. The molecule has 32 heavy (non-hydrogen) atoms. The summed E-state index contributed by atoms with van der Waals surface area (Å²) in [5, 5.41) is 22.9. The Morgan fingerprint density at radius 1 is 1.03 bits per heavy atom. The van der Waals surface area contributed by atoms with Gasteiger partial charge in [0.15, 0.2) is 11.9 Å². The van der Waals surface area contributed by atoms with Gasteiger partial charge in [-0.25, -0.2) is 0 Å². The van der Waals surface area contributed by atoms with Gasteiger partial charge in [-0.15, -0.1) is 10.2 Å². The number of benzene rings is 3. The molecule has 6 nitrogen and oxygen atoms in total. The van der Waals surface area contributed by atoms with Crippen LogP contribution in [0.2, 0.25) is 5.02 Å². The molecule has 0 radical (unpaired) electrons. The zero-order valence-electron chi connectivity index (χ0n) is 17.1. The van der Waals surface area contributed by atoms with Crippen molar-refractivity contribution in [1.29, 1.82) is 0 Å². The van der Waals surface area contributed by atoms with Crippen molar-refractivity contribution in [1.82, 2.24) is 15.2 Å². The Labute approximate surface area is 194 Å². The van der Waals surface area contributed by atoms with Gasteiger partial charge >= 0.3 is 0 Å². The van der Waals surface area contributed by atoms with Crippen molar-refractivity contribution in [3.63, 3.8) is 0 Å². The van der Waals surface area contributed by atoms with E-state index >= 15 is 0 Å². The fourth-order valence-electron chi connectivity index (χ4n) is 3.42. The van der Waals surface area contributed by atoms with Gasteiger partial charge in [-0.3, -0.25) is 0 Å². The van der Waals surface area contributed by atoms with E-state index in [0.717, 1.165) is 17.0 Å². The molecule has 2 N–H and O–H groups in total. The summed E-state index contributed by atoms with van der Waals surface area (Å²) in [7, 11) is 0. The van der Waals surface area contributed by atoms with Crippen molar-refractivity contribution in [2.24, 2.45) is 0 Å². The van der Waals surface area contributed by atoms with Crippen molar-refractivity contribution in [3.8, 4) is 22.9 Å². The van der Waals surface area contributed by atoms with Gasteiger partial charge in [0.05, 0.1) is 5.02 Å². The van der Waals surface area contributed by atoms with Crippen LogP contribution in [0, 0.1) is 6.92 Å². The second-order valence-electron chi connectivity index (χ2n) is 7.39. The third-order valence-electron chi connectivity index (χ3n) is 5.11. The predicted octanol–water partition coefficient (Wildman–Crippen LogP) is 6.00. The van der Waals surface area contributed by atoms with Gasteiger partial charge < -0.3 is 15.2 Å². The Morgan fingerprint density at radius 3 is 2.69 bits per heavy atom. The normalized spacial score (nSPS) is 14.5. The van der Waals surface area contributed by atoms with Crippen molar-refractivity contribution in [3.05, 3.63) is 88.4 Å². The fourth-order valence-corrected chi connectivity index (χ4v) is 4.38. The molecule has 0 unspecified atom stereocenters. The molecule has 1 aromatic heterocycles. The first kappa shape index (κ1) is 20.6. The van der Waals surface area contributed by atoms with Gasteiger partial charge in [-0.2, -0.15) is 4.98 Å². The number of ether oxygens (including phenoxy) is 1. The number of halogens is 1. The predicted molar refractivity (Wildman–Crippen MR) is 126 cm³/mol. The van der Waals surface area contributed by atoms with E-state index < -0.39 is 6.23 Å². The average Bonchev–Trinajstić information content (AvgIpc) is 2.97. The average molecular weight is 463 g/mol. The third kappa shape index (κ3) is 4.09. The molecule has 0 spiro atoms. The summed E-state index contributed by atoms with van der Waals surface area (Å²) in [5.41, 5.74) is 5.19.